The first kappa shape index (κ1) is 46.7. The van der Waals surface area contributed by atoms with E-state index in [1.54, 1.807) is 0 Å². The standard InChI is InChI=1S/C23H31N3O3.C22H29N3O3.CH4O/c1-23(2,3)17(22(28)29-5)14-19(27)20-18-15-25(4)12-9-13-26(18)21(24-20)16-10-7-6-8-11-16;1-22(2,3)16(21(27)28-4)13-18(26)19-17-14-23-11-8-12-25(17)20(24-19)15-9-6-5-7-10-15;1-2/h6-8,10-11,17H,9,12-15H2,1-5H3;5-7,9-10,16,23H,8,11-14H2,1-4H3;2H,1H3/t17-;16-;/m11./s1. The van der Waals surface area contributed by atoms with Gasteiger partial charge in [-0.2, -0.15) is 0 Å². The van der Waals surface area contributed by atoms with E-state index in [1.807, 2.05) is 102 Å². The number of aromatic nitrogens is 4. The molecule has 0 saturated carbocycles. The molecule has 6 rings (SSSR count). The first-order valence-corrected chi connectivity index (χ1v) is 20.4. The van der Waals surface area contributed by atoms with Crippen molar-refractivity contribution in [1.82, 2.24) is 29.3 Å². The van der Waals surface area contributed by atoms with Crippen LogP contribution in [0.4, 0.5) is 0 Å². The van der Waals surface area contributed by atoms with Gasteiger partial charge < -0.3 is 33.9 Å². The fourth-order valence-electron chi connectivity index (χ4n) is 7.59. The fourth-order valence-corrected chi connectivity index (χ4v) is 7.59. The van der Waals surface area contributed by atoms with Crippen molar-refractivity contribution in [3.8, 4) is 22.8 Å². The lowest BCUT2D eigenvalue weighted by atomic mass is 9.77. The number of hydrogen-bond donors (Lipinski definition) is 2. The summed E-state index contributed by atoms with van der Waals surface area (Å²) in [6.45, 7) is 16.5. The first-order chi connectivity index (χ1) is 28.0. The molecule has 0 amide bonds. The summed E-state index contributed by atoms with van der Waals surface area (Å²) < 4.78 is 14.3. The highest BCUT2D eigenvalue weighted by atomic mass is 16.5. The number of esters is 2. The van der Waals surface area contributed by atoms with Gasteiger partial charge in [0.1, 0.15) is 23.0 Å². The second-order valence-corrected chi connectivity index (χ2v) is 17.3. The van der Waals surface area contributed by atoms with Gasteiger partial charge in [0.05, 0.1) is 37.4 Å². The van der Waals surface area contributed by atoms with Gasteiger partial charge in [0.15, 0.2) is 11.6 Å². The molecule has 0 saturated heterocycles. The van der Waals surface area contributed by atoms with Crippen LogP contribution in [0.2, 0.25) is 0 Å². The van der Waals surface area contributed by atoms with Crippen LogP contribution < -0.4 is 5.32 Å². The van der Waals surface area contributed by atoms with Crippen LogP contribution in [-0.4, -0.2) is 94.1 Å². The second-order valence-electron chi connectivity index (χ2n) is 17.3. The molecule has 0 fully saturated rings. The van der Waals surface area contributed by atoms with Crippen LogP contribution in [0, 0.1) is 22.7 Å². The van der Waals surface area contributed by atoms with Gasteiger partial charge >= 0.3 is 11.9 Å². The maximum absolute atomic E-state index is 13.4. The van der Waals surface area contributed by atoms with Crippen molar-refractivity contribution in [1.29, 1.82) is 0 Å². The van der Waals surface area contributed by atoms with E-state index in [0.717, 1.165) is 80.3 Å². The highest BCUT2D eigenvalue weighted by Crippen LogP contribution is 2.34. The number of Topliss-reactive ketones (excluding diaryl/α,β-unsaturated/α-hetero) is 2. The van der Waals surface area contributed by atoms with Crippen LogP contribution in [-0.2, 0) is 45.2 Å². The van der Waals surface area contributed by atoms with Crippen LogP contribution in [0.5, 0.6) is 0 Å². The minimum Gasteiger partial charge on any atom is -0.469 e. The Morgan fingerprint density at radius 3 is 1.54 bits per heavy atom. The van der Waals surface area contributed by atoms with Gasteiger partial charge in [0.2, 0.25) is 0 Å². The molecule has 0 unspecified atom stereocenters. The van der Waals surface area contributed by atoms with Gasteiger partial charge in [-0.3, -0.25) is 19.2 Å². The van der Waals surface area contributed by atoms with Gasteiger partial charge in [0.25, 0.3) is 0 Å². The van der Waals surface area contributed by atoms with Gasteiger partial charge in [-0.05, 0) is 43.8 Å². The first-order valence-electron chi connectivity index (χ1n) is 20.4. The summed E-state index contributed by atoms with van der Waals surface area (Å²) in [6, 6.07) is 19.9. The molecule has 0 aliphatic carbocycles. The molecule has 2 aliphatic heterocycles. The molecule has 2 aliphatic rings. The van der Waals surface area contributed by atoms with Crippen LogP contribution in [0.3, 0.4) is 0 Å². The third-order valence-electron chi connectivity index (χ3n) is 10.9. The molecule has 2 N–H and O–H groups in total. The number of hydrogen-bond acceptors (Lipinski definition) is 11. The van der Waals surface area contributed by atoms with Gasteiger partial charge in [0, 0.05) is 57.3 Å². The van der Waals surface area contributed by atoms with Crippen LogP contribution in [0.15, 0.2) is 60.7 Å². The van der Waals surface area contributed by atoms with Crippen molar-refractivity contribution < 1.29 is 33.8 Å². The van der Waals surface area contributed by atoms with Crippen molar-refractivity contribution in [2.45, 2.75) is 93.4 Å². The lowest BCUT2D eigenvalue weighted by Gasteiger charge is -2.27. The van der Waals surface area contributed by atoms with Crippen molar-refractivity contribution >= 4 is 23.5 Å². The Hall–Kier alpha value is -4.98. The molecule has 320 valence electrons. The minimum atomic E-state index is -0.513. The molecule has 2 atom stereocenters. The summed E-state index contributed by atoms with van der Waals surface area (Å²) in [5.41, 5.74) is 4.02. The van der Waals surface area contributed by atoms with E-state index in [9.17, 15) is 19.2 Å². The lowest BCUT2D eigenvalue weighted by molar-refractivity contribution is -0.150. The average molecular weight is 813 g/mol. The summed E-state index contributed by atoms with van der Waals surface area (Å²) in [5.74, 6) is -0.305. The Labute approximate surface area is 349 Å². The maximum Gasteiger partial charge on any atom is 0.309 e. The van der Waals surface area contributed by atoms with Crippen LogP contribution in [0.1, 0.15) is 99.6 Å². The third kappa shape index (κ3) is 11.6. The van der Waals surface area contributed by atoms with E-state index in [2.05, 4.69) is 26.4 Å². The monoisotopic (exact) mass is 812 g/mol. The van der Waals surface area contributed by atoms with Crippen molar-refractivity contribution in [2.24, 2.45) is 22.7 Å². The number of nitrogens with one attached hydrogen (secondary N) is 1. The Kier molecular flexibility index (Phi) is 16.5. The van der Waals surface area contributed by atoms with Gasteiger partial charge in [-0.1, -0.05) is 102 Å². The van der Waals surface area contributed by atoms with Crippen molar-refractivity contribution in [2.75, 3.05) is 41.5 Å². The summed E-state index contributed by atoms with van der Waals surface area (Å²) in [6.07, 6.45) is 2.16. The molecule has 2 aromatic heterocycles. The summed E-state index contributed by atoms with van der Waals surface area (Å²) in [4.78, 5) is 63.0. The zero-order valence-corrected chi connectivity index (χ0v) is 36.6. The average Bonchev–Trinajstić information content (AvgIpc) is 3.57. The number of nitrogens with zero attached hydrogens (tertiary/aromatic N) is 5. The number of aliphatic hydroxyl groups is 1. The fraction of sp³-hybridized carbons (Fsp3) is 0.522. The Morgan fingerprint density at radius 2 is 1.10 bits per heavy atom. The van der Waals surface area contributed by atoms with Gasteiger partial charge in [-0.15, -0.1) is 0 Å². The maximum atomic E-state index is 13.4. The van der Waals surface area contributed by atoms with Crippen molar-refractivity contribution in [3.63, 3.8) is 0 Å². The molecule has 0 bridgehead atoms. The largest absolute Gasteiger partial charge is 0.469 e. The predicted molar refractivity (Wildman–Crippen MR) is 229 cm³/mol. The van der Waals surface area contributed by atoms with E-state index in [-0.39, 0.29) is 47.2 Å². The Bertz CT molecular complexity index is 2030. The number of ketones is 2. The second kappa shape index (κ2) is 20.8. The summed E-state index contributed by atoms with van der Waals surface area (Å²) in [7, 11) is 5.80. The number of methoxy groups -OCH3 is 2. The van der Waals surface area contributed by atoms with Crippen LogP contribution >= 0.6 is 0 Å². The Balaban J connectivity index is 0.000000250. The minimum absolute atomic E-state index is 0.0917. The lowest BCUT2D eigenvalue weighted by Crippen LogP contribution is -2.32. The molecule has 4 heterocycles. The molecular weight excluding hydrogens is 749 g/mol. The highest BCUT2D eigenvalue weighted by molar-refractivity contribution is 5.99. The SMILES string of the molecule is CO.COC(=O)[C@@H](CC(=O)c1nc(-c2ccccc2)n2c1CN(C)CCC2)C(C)(C)C.COC(=O)[C@@H](CC(=O)c1nc(-c2ccccc2)n2c1CNCCC2)C(C)(C)C. The number of fused-ring (bicyclic) bond motifs is 2. The molecule has 0 radical (unpaired) electrons. The topological polar surface area (TPSA) is 158 Å². The molecule has 13 heteroatoms. The number of imidazole rings is 2. The Morgan fingerprint density at radius 1 is 0.678 bits per heavy atom. The number of benzene rings is 2. The number of aliphatic hydroxyl groups excluding tert-OH is 1. The summed E-state index contributed by atoms with van der Waals surface area (Å²) >= 11 is 0. The van der Waals surface area contributed by atoms with E-state index in [4.69, 9.17) is 24.5 Å². The molecular formula is C46H64N6O7. The number of carbonyl (C=O) groups is 4. The molecule has 59 heavy (non-hydrogen) atoms. The molecule has 13 nitrogen and oxygen atoms in total. The zero-order chi connectivity index (χ0) is 43.5. The third-order valence-corrected chi connectivity index (χ3v) is 10.9. The molecule has 2 aromatic carbocycles. The summed E-state index contributed by atoms with van der Waals surface area (Å²) in [5, 5.41) is 10.4. The van der Waals surface area contributed by atoms with E-state index in [1.165, 1.54) is 14.2 Å². The zero-order valence-electron chi connectivity index (χ0n) is 36.6. The number of rotatable bonds is 10. The highest BCUT2D eigenvalue weighted by Gasteiger charge is 2.38. The molecule has 4 aromatic rings. The quantitative estimate of drug-likeness (QED) is 0.127. The number of ether oxygens (including phenoxy) is 2. The molecule has 0 spiro atoms. The predicted octanol–water partition coefficient (Wildman–Crippen LogP) is 6.85. The van der Waals surface area contributed by atoms with Crippen molar-refractivity contribution in [3.05, 3.63) is 83.4 Å². The van der Waals surface area contributed by atoms with Crippen LogP contribution in [0.25, 0.3) is 22.8 Å². The smallest absolute Gasteiger partial charge is 0.309 e. The van der Waals surface area contributed by atoms with E-state index < -0.39 is 11.8 Å². The van der Waals surface area contributed by atoms with E-state index >= 15 is 0 Å². The van der Waals surface area contributed by atoms with Gasteiger partial charge in [-0.25, -0.2) is 9.97 Å². The van der Waals surface area contributed by atoms with E-state index in [0.29, 0.717) is 24.5 Å². The normalized spacial score (nSPS) is 15.3. The number of carbonyl (C=O) groups excluding carboxylic acids is 4.